The highest BCUT2D eigenvalue weighted by molar-refractivity contribution is 8.10. The zero-order chi connectivity index (χ0) is 9.62. The third kappa shape index (κ3) is 1.15. The van der Waals surface area contributed by atoms with Gasteiger partial charge in [-0.25, -0.2) is 4.18 Å². The Morgan fingerprint density at radius 1 is 1.50 bits per heavy atom. The molecule has 0 amide bonds. The summed E-state index contributed by atoms with van der Waals surface area (Å²) in [5.41, 5.74) is 0. The minimum absolute atomic E-state index is 0.242. The van der Waals surface area contributed by atoms with Crippen LogP contribution >= 0.6 is 0 Å². The summed E-state index contributed by atoms with van der Waals surface area (Å²) in [5.74, 6) is 0. The normalized spacial score (nSPS) is 33.2. The van der Waals surface area contributed by atoms with Crippen LogP contribution in [0.1, 0.15) is 19.8 Å². The van der Waals surface area contributed by atoms with Gasteiger partial charge in [0, 0.05) is 6.42 Å². The molecule has 1 atom stereocenters. The van der Waals surface area contributed by atoms with Gasteiger partial charge in [-0.15, -0.1) is 0 Å². The number of hydrogen-bond acceptors (Lipinski definition) is 5. The summed E-state index contributed by atoms with van der Waals surface area (Å²) >= 11 is 0. The van der Waals surface area contributed by atoms with Crippen LogP contribution in [0, 0.1) is 0 Å². The molecule has 1 heterocycles. The lowest BCUT2D eigenvalue weighted by atomic mass is 10.4. The smallest absolute Gasteiger partial charge is 0.282 e. The Labute approximate surface area is 70.4 Å². The molecule has 1 aliphatic heterocycles. The fraction of sp³-hybridized carbons (Fsp3) is 1.00. The van der Waals surface area contributed by atoms with Crippen molar-refractivity contribution in [3.63, 3.8) is 0 Å². The molecular formula is C4H8O6S2. The molecule has 0 aromatic carbocycles. The van der Waals surface area contributed by atoms with E-state index >= 15 is 0 Å². The van der Waals surface area contributed by atoms with Gasteiger partial charge < -0.3 is 0 Å². The molecule has 1 fully saturated rings. The second-order valence-corrected chi connectivity index (χ2v) is 6.05. The fourth-order valence-corrected chi connectivity index (χ4v) is 4.03. The van der Waals surface area contributed by atoms with Crippen LogP contribution in [0.2, 0.25) is 0 Å². The van der Waals surface area contributed by atoms with Crippen LogP contribution in [0.15, 0.2) is 0 Å². The predicted molar refractivity (Wildman–Crippen MR) is 39.2 cm³/mol. The van der Waals surface area contributed by atoms with Gasteiger partial charge in [0.2, 0.25) is 0 Å². The van der Waals surface area contributed by atoms with Crippen molar-refractivity contribution in [3.8, 4) is 0 Å². The van der Waals surface area contributed by atoms with Crippen molar-refractivity contribution in [1.82, 2.24) is 0 Å². The Bertz CT molecular complexity index is 378. The molecular weight excluding hydrogens is 208 g/mol. The van der Waals surface area contributed by atoms with E-state index in [2.05, 4.69) is 4.18 Å². The molecule has 0 saturated carbocycles. The number of hydrogen-bond donors (Lipinski definition) is 1. The quantitative estimate of drug-likeness (QED) is 0.513. The van der Waals surface area contributed by atoms with Crippen LogP contribution in [0.4, 0.5) is 0 Å². The summed E-state index contributed by atoms with van der Waals surface area (Å²) in [6.07, 6.45) is 0.0488. The molecule has 72 valence electrons. The highest BCUT2D eigenvalue weighted by atomic mass is 32.3. The predicted octanol–water partition coefficient (Wildman–Crippen LogP) is -0.312. The second kappa shape index (κ2) is 2.41. The molecule has 0 aromatic rings. The molecule has 6 nitrogen and oxygen atoms in total. The first-order chi connectivity index (χ1) is 5.27. The van der Waals surface area contributed by atoms with Crippen LogP contribution in [0.5, 0.6) is 0 Å². The van der Waals surface area contributed by atoms with E-state index in [9.17, 15) is 16.8 Å². The molecule has 0 spiro atoms. The van der Waals surface area contributed by atoms with E-state index in [-0.39, 0.29) is 6.42 Å². The van der Waals surface area contributed by atoms with E-state index in [0.29, 0.717) is 6.42 Å². The van der Waals surface area contributed by atoms with Gasteiger partial charge in [-0.3, -0.25) is 4.55 Å². The highest BCUT2D eigenvalue weighted by Gasteiger charge is 2.73. The van der Waals surface area contributed by atoms with Crippen molar-refractivity contribution in [2.24, 2.45) is 0 Å². The Morgan fingerprint density at radius 3 is 2.00 bits per heavy atom. The van der Waals surface area contributed by atoms with E-state index < -0.39 is 24.5 Å². The monoisotopic (exact) mass is 216 g/mol. The molecule has 0 radical (unpaired) electrons. The topological polar surface area (TPSA) is 101 Å². The summed E-state index contributed by atoms with van der Waals surface area (Å²) in [5, 5.41) is 0. The lowest BCUT2D eigenvalue weighted by Crippen LogP contribution is -2.25. The molecule has 1 rings (SSSR count). The van der Waals surface area contributed by atoms with Crippen molar-refractivity contribution in [2.45, 2.75) is 24.0 Å². The number of rotatable bonds is 3. The molecule has 1 N–H and O–H groups in total. The first kappa shape index (κ1) is 9.90. The van der Waals surface area contributed by atoms with Crippen molar-refractivity contribution >= 4 is 20.2 Å². The van der Waals surface area contributed by atoms with E-state index in [1.165, 1.54) is 0 Å². The molecule has 8 heteroatoms. The van der Waals surface area contributed by atoms with Crippen molar-refractivity contribution in [3.05, 3.63) is 0 Å². The zero-order valence-corrected chi connectivity index (χ0v) is 7.85. The van der Waals surface area contributed by atoms with Gasteiger partial charge in [-0.1, -0.05) is 13.3 Å². The van der Waals surface area contributed by atoms with E-state index in [4.69, 9.17) is 4.55 Å². The third-order valence-corrected chi connectivity index (χ3v) is 5.37. The average Bonchev–Trinajstić information content (AvgIpc) is 2.34. The van der Waals surface area contributed by atoms with Crippen LogP contribution in [0.3, 0.4) is 0 Å². The minimum atomic E-state index is -4.67. The van der Waals surface area contributed by atoms with Gasteiger partial charge in [0.25, 0.3) is 0 Å². The summed E-state index contributed by atoms with van der Waals surface area (Å²) in [6, 6.07) is 0. The van der Waals surface area contributed by atoms with Crippen LogP contribution in [-0.2, 0) is 24.4 Å². The summed E-state index contributed by atoms with van der Waals surface area (Å²) in [6.45, 7) is 1.59. The Balaban J connectivity index is 3.12. The van der Waals surface area contributed by atoms with Crippen molar-refractivity contribution in [1.29, 1.82) is 0 Å². The first-order valence-electron chi connectivity index (χ1n) is 3.19. The maximum absolute atomic E-state index is 10.7. The Hall–Kier alpha value is -0.180. The highest BCUT2D eigenvalue weighted by Crippen LogP contribution is 2.47. The molecule has 0 bridgehead atoms. The third-order valence-electron chi connectivity index (χ3n) is 1.54. The van der Waals surface area contributed by atoms with Gasteiger partial charge in [0.05, 0.1) is 0 Å². The second-order valence-electron chi connectivity index (χ2n) is 2.45. The van der Waals surface area contributed by atoms with E-state index in [0.717, 1.165) is 0 Å². The lowest BCUT2D eigenvalue weighted by molar-refractivity contribution is 0.341. The molecule has 0 aliphatic carbocycles. The molecule has 1 unspecified atom stereocenters. The maximum Gasteiger partial charge on any atom is 0.335 e. The van der Waals surface area contributed by atoms with Crippen LogP contribution in [-0.4, -0.2) is 25.7 Å². The maximum atomic E-state index is 10.7. The fourth-order valence-electron chi connectivity index (χ4n) is 0.924. The average molecular weight is 216 g/mol. The van der Waals surface area contributed by atoms with Crippen molar-refractivity contribution < 1.29 is 25.6 Å². The van der Waals surface area contributed by atoms with Gasteiger partial charge in [0.15, 0.2) is 0 Å². The largest absolute Gasteiger partial charge is 0.335 e. The van der Waals surface area contributed by atoms with Gasteiger partial charge in [-0.05, 0) is 0 Å². The molecule has 12 heavy (non-hydrogen) atoms. The zero-order valence-electron chi connectivity index (χ0n) is 6.22. The SMILES string of the molecule is CCCC1(S(=O)(=O)O)OS1(=O)=O. The summed E-state index contributed by atoms with van der Waals surface area (Å²) in [7, 11) is -8.75. The Kier molecular flexibility index (Phi) is 1.99. The molecule has 1 saturated heterocycles. The molecule has 1 aliphatic rings. The standard InChI is InChI=1S/C4H8O6S2/c1-2-3-4(11(5,6)7)10-12(4,8)9/h2-3H2,1H3,(H,5,6,7). The van der Waals surface area contributed by atoms with Gasteiger partial charge in [0.1, 0.15) is 0 Å². The first-order valence-corrected chi connectivity index (χ1v) is 6.04. The Morgan fingerprint density at radius 2 is 1.92 bits per heavy atom. The van der Waals surface area contributed by atoms with Crippen LogP contribution < -0.4 is 0 Å². The summed E-state index contributed by atoms with van der Waals surface area (Å²) < 4.78 is 52.7. The lowest BCUT2D eigenvalue weighted by Gasteiger charge is -2.00. The van der Waals surface area contributed by atoms with Crippen molar-refractivity contribution in [2.75, 3.05) is 0 Å². The van der Waals surface area contributed by atoms with Gasteiger partial charge >= 0.3 is 24.5 Å². The minimum Gasteiger partial charge on any atom is -0.282 e. The van der Waals surface area contributed by atoms with Crippen LogP contribution in [0.25, 0.3) is 0 Å². The van der Waals surface area contributed by atoms with E-state index in [1.54, 1.807) is 6.92 Å². The van der Waals surface area contributed by atoms with Gasteiger partial charge in [-0.2, -0.15) is 16.8 Å². The van der Waals surface area contributed by atoms with E-state index in [1.807, 2.05) is 0 Å². The summed E-state index contributed by atoms with van der Waals surface area (Å²) in [4.78, 5) is 0. The molecule has 0 aromatic heterocycles.